The van der Waals surface area contributed by atoms with Crippen LogP contribution < -0.4 is 5.32 Å². The van der Waals surface area contributed by atoms with E-state index in [-0.39, 0.29) is 28.4 Å². The third kappa shape index (κ3) is 4.37. The van der Waals surface area contributed by atoms with E-state index >= 15 is 0 Å². The molecule has 0 aliphatic heterocycles. The predicted molar refractivity (Wildman–Crippen MR) is 106 cm³/mol. The number of para-hydroxylation sites is 2. The fourth-order valence-electron chi connectivity index (χ4n) is 2.58. The molecule has 1 heterocycles. The molecule has 0 radical (unpaired) electrons. The molecule has 3 rings (SSSR count). The fraction of sp³-hybridized carbons (Fsp3) is 0. The molecule has 10 heteroatoms. The van der Waals surface area contributed by atoms with Crippen molar-refractivity contribution in [3.8, 4) is 17.4 Å². The molecule has 10 nitrogen and oxygen atoms in total. The van der Waals surface area contributed by atoms with Gasteiger partial charge in [0.05, 0.1) is 9.85 Å². The van der Waals surface area contributed by atoms with Crippen molar-refractivity contribution < 1.29 is 19.1 Å². The van der Waals surface area contributed by atoms with Crippen molar-refractivity contribution in [3.63, 3.8) is 0 Å². The zero-order chi connectivity index (χ0) is 21.7. The van der Waals surface area contributed by atoms with Crippen molar-refractivity contribution in [2.75, 3.05) is 5.32 Å². The molecule has 0 aliphatic carbocycles. The molecule has 30 heavy (non-hydrogen) atoms. The van der Waals surface area contributed by atoms with Gasteiger partial charge in [0, 0.05) is 29.8 Å². The van der Waals surface area contributed by atoms with Crippen LogP contribution in [0.5, 0.6) is 0 Å². The van der Waals surface area contributed by atoms with Crippen LogP contribution in [0.15, 0.2) is 70.7 Å². The minimum Gasteiger partial charge on any atom is -0.457 e. The van der Waals surface area contributed by atoms with Gasteiger partial charge in [-0.3, -0.25) is 25.0 Å². The minimum absolute atomic E-state index is 0.0506. The van der Waals surface area contributed by atoms with E-state index in [1.54, 1.807) is 18.2 Å². The molecule has 0 aliphatic rings. The van der Waals surface area contributed by atoms with Gasteiger partial charge in [-0.1, -0.05) is 24.3 Å². The number of rotatable bonds is 6. The number of benzene rings is 2. The fourth-order valence-corrected chi connectivity index (χ4v) is 2.58. The Morgan fingerprint density at radius 2 is 1.80 bits per heavy atom. The first-order valence-corrected chi connectivity index (χ1v) is 8.40. The van der Waals surface area contributed by atoms with Crippen molar-refractivity contribution in [1.29, 1.82) is 5.26 Å². The van der Waals surface area contributed by atoms with Gasteiger partial charge in [0.15, 0.2) is 0 Å². The minimum atomic E-state index is -0.847. The van der Waals surface area contributed by atoms with Crippen LogP contribution in [0.25, 0.3) is 17.4 Å². The summed E-state index contributed by atoms with van der Waals surface area (Å²) in [6.07, 6.45) is 1.17. The largest absolute Gasteiger partial charge is 0.457 e. The zero-order valence-electron chi connectivity index (χ0n) is 15.1. The topological polar surface area (TPSA) is 152 Å². The average molecular weight is 404 g/mol. The lowest BCUT2D eigenvalue weighted by atomic mass is 10.1. The summed E-state index contributed by atoms with van der Waals surface area (Å²) in [5.74, 6) is -0.382. The van der Waals surface area contributed by atoms with Gasteiger partial charge in [0.2, 0.25) is 0 Å². The van der Waals surface area contributed by atoms with Crippen LogP contribution in [0.4, 0.5) is 17.1 Å². The molecule has 0 saturated carbocycles. The number of nitrogens with one attached hydrogen (secondary N) is 1. The maximum absolute atomic E-state index is 12.4. The summed E-state index contributed by atoms with van der Waals surface area (Å²) in [5, 5.41) is 33.6. The van der Waals surface area contributed by atoms with E-state index in [0.717, 1.165) is 0 Å². The third-order valence-electron chi connectivity index (χ3n) is 3.97. The normalized spacial score (nSPS) is 10.8. The first-order chi connectivity index (χ1) is 14.4. The lowest BCUT2D eigenvalue weighted by molar-refractivity contribution is -0.384. The first kappa shape index (κ1) is 20.0. The summed E-state index contributed by atoms with van der Waals surface area (Å²) in [6.45, 7) is 0. The summed E-state index contributed by atoms with van der Waals surface area (Å²) >= 11 is 0. The summed E-state index contributed by atoms with van der Waals surface area (Å²) in [6, 6.07) is 16.1. The molecule has 148 valence electrons. The number of carbonyl (C=O) groups is 1. The number of nitro benzene ring substituents is 2. The molecule has 3 aromatic rings. The van der Waals surface area contributed by atoms with E-state index in [1.165, 1.54) is 54.6 Å². The monoisotopic (exact) mass is 404 g/mol. The Balaban J connectivity index is 1.85. The van der Waals surface area contributed by atoms with Crippen LogP contribution in [0, 0.1) is 31.6 Å². The Kier molecular flexibility index (Phi) is 5.65. The van der Waals surface area contributed by atoms with Gasteiger partial charge >= 0.3 is 0 Å². The lowest BCUT2D eigenvalue weighted by Gasteiger charge is -2.04. The maximum atomic E-state index is 12.4. The Morgan fingerprint density at radius 3 is 2.50 bits per heavy atom. The van der Waals surface area contributed by atoms with Gasteiger partial charge in [-0.05, 0) is 18.2 Å². The Labute approximate surface area is 169 Å². The number of furan rings is 1. The van der Waals surface area contributed by atoms with Gasteiger partial charge in [-0.25, -0.2) is 0 Å². The first-order valence-electron chi connectivity index (χ1n) is 8.40. The van der Waals surface area contributed by atoms with Crippen LogP contribution in [-0.2, 0) is 4.79 Å². The van der Waals surface area contributed by atoms with E-state index in [0.29, 0.717) is 11.3 Å². The van der Waals surface area contributed by atoms with Crippen molar-refractivity contribution in [2.45, 2.75) is 0 Å². The van der Waals surface area contributed by atoms with Gasteiger partial charge in [-0.15, -0.1) is 0 Å². The van der Waals surface area contributed by atoms with Crippen molar-refractivity contribution in [3.05, 3.63) is 92.2 Å². The second kappa shape index (κ2) is 8.49. The number of nitriles is 1. The van der Waals surface area contributed by atoms with E-state index < -0.39 is 15.8 Å². The molecule has 0 spiro atoms. The van der Waals surface area contributed by atoms with Crippen molar-refractivity contribution in [1.82, 2.24) is 0 Å². The Hall–Kier alpha value is -4.78. The number of anilines is 1. The predicted octanol–water partition coefficient (Wildman–Crippen LogP) is 4.31. The SMILES string of the molecule is N#C/C(=C\c1ccc(-c2cccc([N+](=O)[O-])c2)o1)C(=O)Nc1ccccc1[N+](=O)[O-]. The van der Waals surface area contributed by atoms with E-state index in [2.05, 4.69) is 5.32 Å². The number of hydrogen-bond donors (Lipinski definition) is 1. The second-order valence-corrected chi connectivity index (χ2v) is 5.91. The van der Waals surface area contributed by atoms with E-state index in [9.17, 15) is 30.3 Å². The van der Waals surface area contributed by atoms with Crippen LogP contribution in [0.2, 0.25) is 0 Å². The van der Waals surface area contributed by atoms with Gasteiger partial charge in [0.1, 0.15) is 28.9 Å². The van der Waals surface area contributed by atoms with Crippen LogP contribution in [0.3, 0.4) is 0 Å². The molecule has 1 N–H and O–H groups in total. The smallest absolute Gasteiger partial charge is 0.292 e. The van der Waals surface area contributed by atoms with Crippen LogP contribution >= 0.6 is 0 Å². The van der Waals surface area contributed by atoms with Gasteiger partial charge < -0.3 is 9.73 Å². The quantitative estimate of drug-likeness (QED) is 0.278. The molecular weight excluding hydrogens is 392 g/mol. The molecular formula is C20H12N4O6. The molecule has 0 unspecified atom stereocenters. The highest BCUT2D eigenvalue weighted by atomic mass is 16.6. The van der Waals surface area contributed by atoms with Crippen molar-refractivity contribution >= 4 is 29.0 Å². The number of non-ortho nitro benzene ring substituents is 1. The number of nitro groups is 2. The standard InChI is InChI=1S/C20H12N4O6/c21-12-14(20(25)22-17-6-1-2-7-18(17)24(28)29)11-16-8-9-19(30-16)13-4-3-5-15(10-13)23(26)27/h1-11H,(H,22,25)/b14-11+. The highest BCUT2D eigenvalue weighted by molar-refractivity contribution is 6.10. The number of amides is 1. The van der Waals surface area contributed by atoms with Crippen LogP contribution in [0.1, 0.15) is 5.76 Å². The lowest BCUT2D eigenvalue weighted by Crippen LogP contribution is -2.14. The summed E-state index contributed by atoms with van der Waals surface area (Å²) in [7, 11) is 0. The number of nitrogens with zero attached hydrogens (tertiary/aromatic N) is 3. The second-order valence-electron chi connectivity index (χ2n) is 5.91. The number of carbonyl (C=O) groups excluding carboxylic acids is 1. The molecule has 1 aromatic heterocycles. The Morgan fingerprint density at radius 1 is 1.03 bits per heavy atom. The third-order valence-corrected chi connectivity index (χ3v) is 3.97. The van der Waals surface area contributed by atoms with Crippen LogP contribution in [-0.4, -0.2) is 15.8 Å². The molecule has 0 fully saturated rings. The van der Waals surface area contributed by atoms with Gasteiger partial charge in [0.25, 0.3) is 17.3 Å². The molecule has 1 amide bonds. The molecule has 0 bridgehead atoms. The van der Waals surface area contributed by atoms with Crippen molar-refractivity contribution in [2.24, 2.45) is 0 Å². The zero-order valence-corrected chi connectivity index (χ0v) is 15.1. The summed E-state index contributed by atoms with van der Waals surface area (Å²) < 4.78 is 5.56. The maximum Gasteiger partial charge on any atom is 0.292 e. The van der Waals surface area contributed by atoms with Gasteiger partial charge in [-0.2, -0.15) is 5.26 Å². The highest BCUT2D eigenvalue weighted by Gasteiger charge is 2.18. The average Bonchev–Trinajstić information content (AvgIpc) is 3.21. The van der Waals surface area contributed by atoms with E-state index in [4.69, 9.17) is 4.42 Å². The van der Waals surface area contributed by atoms with E-state index in [1.807, 2.05) is 0 Å². The molecule has 0 saturated heterocycles. The molecule has 2 aromatic carbocycles. The summed E-state index contributed by atoms with van der Waals surface area (Å²) in [5.41, 5.74) is -0.359. The Bertz CT molecular complexity index is 1220. The highest BCUT2D eigenvalue weighted by Crippen LogP contribution is 2.27. The summed E-state index contributed by atoms with van der Waals surface area (Å²) in [4.78, 5) is 33.2. The molecule has 0 atom stereocenters. The number of hydrogen-bond acceptors (Lipinski definition) is 7.